The molecule has 1 aliphatic rings. The molecule has 6 heavy (non-hydrogen) atoms. The van der Waals surface area contributed by atoms with E-state index in [-0.39, 0.29) is 21.6 Å². The standard InChI is InChI=1S/C4H8O.Sn.H/c1-2-3-4-5;;/h1-4H2;;/q-1;+1;. The van der Waals surface area contributed by atoms with Crippen LogP contribution in [0.25, 0.3) is 0 Å². The molecule has 0 aromatic rings. The first-order chi connectivity index (χ1) is 3.00. The van der Waals surface area contributed by atoms with Crippen LogP contribution in [0.5, 0.6) is 0 Å². The summed E-state index contributed by atoms with van der Waals surface area (Å²) in [5, 5.41) is 0. The Morgan fingerprint density at radius 2 is 2.33 bits per heavy atom. The van der Waals surface area contributed by atoms with Gasteiger partial charge in [0.15, 0.2) is 0 Å². The number of hydrogen-bond donors (Lipinski definition) is 0. The summed E-state index contributed by atoms with van der Waals surface area (Å²) in [7, 11) is 0. The van der Waals surface area contributed by atoms with Gasteiger partial charge < -0.3 is 0 Å². The molecule has 0 atom stereocenters. The van der Waals surface area contributed by atoms with Gasteiger partial charge in [-0.3, -0.25) is 0 Å². The first-order valence-corrected chi connectivity index (χ1v) is 6.11. The second-order valence-corrected chi connectivity index (χ2v) is 5.08. The Morgan fingerprint density at radius 1 is 1.33 bits per heavy atom. The first-order valence-electron chi connectivity index (χ1n) is 2.43. The van der Waals surface area contributed by atoms with Crippen LogP contribution in [-0.2, 0) is 3.07 Å². The van der Waals surface area contributed by atoms with Crippen molar-refractivity contribution < 1.29 is 3.07 Å². The summed E-state index contributed by atoms with van der Waals surface area (Å²) in [5.41, 5.74) is 0. The van der Waals surface area contributed by atoms with Crippen LogP contribution in [0.15, 0.2) is 0 Å². The second kappa shape index (κ2) is 2.85. The molecule has 0 aliphatic carbocycles. The fourth-order valence-corrected chi connectivity index (χ4v) is 3.31. The quantitative estimate of drug-likeness (QED) is 0.509. The second-order valence-electron chi connectivity index (χ2n) is 1.53. The molecule has 0 amide bonds. The van der Waals surface area contributed by atoms with Crippen LogP contribution in [0, 0.1) is 0 Å². The van der Waals surface area contributed by atoms with E-state index in [0.29, 0.717) is 0 Å². The van der Waals surface area contributed by atoms with Gasteiger partial charge in [0.25, 0.3) is 0 Å². The SMILES string of the molecule is C1C[CH2][SnH][O]C1. The van der Waals surface area contributed by atoms with E-state index in [4.69, 9.17) is 3.07 Å². The molecule has 0 bridgehead atoms. The van der Waals surface area contributed by atoms with Crippen LogP contribution in [0.2, 0.25) is 4.44 Å². The van der Waals surface area contributed by atoms with E-state index in [2.05, 4.69) is 0 Å². The zero-order valence-corrected chi connectivity index (χ0v) is 7.11. The molecule has 0 aromatic heterocycles. The Hall–Kier alpha value is 0.759. The summed E-state index contributed by atoms with van der Waals surface area (Å²) in [5.74, 6) is 0. The van der Waals surface area contributed by atoms with Gasteiger partial charge in [-0.15, -0.1) is 0 Å². The Labute approximate surface area is 48.8 Å². The normalized spacial score (nSPS) is 24.0. The Bertz CT molecular complexity index is 23.0. The van der Waals surface area contributed by atoms with Crippen LogP contribution >= 0.6 is 0 Å². The average Bonchev–Trinajstić information content (AvgIpc) is 1.72. The minimum atomic E-state index is -0.356. The van der Waals surface area contributed by atoms with Crippen LogP contribution < -0.4 is 0 Å². The van der Waals surface area contributed by atoms with Gasteiger partial charge in [-0.2, -0.15) is 0 Å². The molecule has 0 saturated carbocycles. The molecule has 0 aromatic carbocycles. The third-order valence-electron chi connectivity index (χ3n) is 0.952. The first kappa shape index (κ1) is 4.91. The Kier molecular flexibility index (Phi) is 2.33. The number of hydrogen-bond acceptors (Lipinski definition) is 1. The number of rotatable bonds is 0. The monoisotopic (exact) mass is 193 g/mol. The van der Waals surface area contributed by atoms with Crippen molar-refractivity contribution in [1.82, 2.24) is 0 Å². The summed E-state index contributed by atoms with van der Waals surface area (Å²) < 4.78 is 6.73. The summed E-state index contributed by atoms with van der Waals surface area (Å²) in [4.78, 5) is 0. The Balaban J connectivity index is 2.00. The molecule has 1 saturated heterocycles. The Morgan fingerprint density at radius 3 is 2.50 bits per heavy atom. The molecule has 0 unspecified atom stereocenters. The minimum absolute atomic E-state index is 0.356. The maximum atomic E-state index is 5.26. The molecule has 1 fully saturated rings. The molecule has 1 nitrogen and oxygen atoms in total. The molecule has 1 rings (SSSR count). The zero-order chi connectivity index (χ0) is 4.24. The van der Waals surface area contributed by atoms with E-state index in [0.717, 1.165) is 6.61 Å². The van der Waals surface area contributed by atoms with Crippen LogP contribution in [0.4, 0.5) is 0 Å². The third-order valence-corrected chi connectivity index (χ3v) is 4.14. The summed E-state index contributed by atoms with van der Waals surface area (Å²) in [6.07, 6.45) is 2.78. The molecular weight excluding hydrogens is 183 g/mol. The van der Waals surface area contributed by atoms with Crippen molar-refractivity contribution in [2.24, 2.45) is 0 Å². The maximum absolute atomic E-state index is 5.26. The van der Waals surface area contributed by atoms with E-state index < -0.39 is 0 Å². The van der Waals surface area contributed by atoms with Gasteiger partial charge in [-0.05, 0) is 0 Å². The van der Waals surface area contributed by atoms with E-state index in [1.165, 1.54) is 17.3 Å². The van der Waals surface area contributed by atoms with Crippen LogP contribution in [0.3, 0.4) is 0 Å². The third kappa shape index (κ3) is 1.47. The average molecular weight is 192 g/mol. The summed E-state index contributed by atoms with van der Waals surface area (Å²) in [6.45, 7) is 1.08. The van der Waals surface area contributed by atoms with E-state index in [1.54, 1.807) is 0 Å². The predicted molar refractivity (Wildman–Crippen MR) is 27.1 cm³/mol. The van der Waals surface area contributed by atoms with Crippen LogP contribution in [-0.4, -0.2) is 28.2 Å². The van der Waals surface area contributed by atoms with E-state index >= 15 is 0 Å². The van der Waals surface area contributed by atoms with Gasteiger partial charge in [-0.25, -0.2) is 0 Å². The van der Waals surface area contributed by atoms with Gasteiger partial charge in [0, 0.05) is 0 Å². The van der Waals surface area contributed by atoms with Gasteiger partial charge in [0.05, 0.1) is 0 Å². The van der Waals surface area contributed by atoms with E-state index in [1.807, 2.05) is 0 Å². The molecule has 2 heteroatoms. The molecule has 1 aliphatic heterocycles. The van der Waals surface area contributed by atoms with Gasteiger partial charge in [0.2, 0.25) is 0 Å². The zero-order valence-electron chi connectivity index (χ0n) is 3.81. The molecule has 35 valence electrons. The van der Waals surface area contributed by atoms with E-state index in [9.17, 15) is 0 Å². The fraction of sp³-hybridized carbons (Fsp3) is 1.00. The molecule has 1 radical (unpaired) electrons. The summed E-state index contributed by atoms with van der Waals surface area (Å²) in [6, 6.07) is 0. The van der Waals surface area contributed by atoms with Crippen molar-refractivity contribution in [2.75, 3.05) is 6.61 Å². The van der Waals surface area contributed by atoms with Crippen molar-refractivity contribution in [2.45, 2.75) is 17.3 Å². The van der Waals surface area contributed by atoms with Gasteiger partial charge in [-0.1, -0.05) is 0 Å². The van der Waals surface area contributed by atoms with Gasteiger partial charge in [0.1, 0.15) is 0 Å². The molecule has 1 heterocycles. The van der Waals surface area contributed by atoms with Crippen LogP contribution in [0.1, 0.15) is 12.8 Å². The van der Waals surface area contributed by atoms with Crippen molar-refractivity contribution in [3.8, 4) is 0 Å². The van der Waals surface area contributed by atoms with Crippen molar-refractivity contribution >= 4 is 21.6 Å². The van der Waals surface area contributed by atoms with Crippen molar-refractivity contribution in [3.63, 3.8) is 0 Å². The fourth-order valence-electron chi connectivity index (χ4n) is 0.580. The summed E-state index contributed by atoms with van der Waals surface area (Å²) >= 11 is -0.356. The molecule has 0 N–H and O–H groups in total. The van der Waals surface area contributed by atoms with Crippen molar-refractivity contribution in [1.29, 1.82) is 0 Å². The molecular formula is C4H9OSn. The topological polar surface area (TPSA) is 9.23 Å². The van der Waals surface area contributed by atoms with Crippen molar-refractivity contribution in [3.05, 3.63) is 0 Å². The van der Waals surface area contributed by atoms with Gasteiger partial charge >= 0.3 is 48.5 Å². The predicted octanol–water partition coefficient (Wildman–Crippen LogP) is 0.567. The molecule has 0 spiro atoms.